The van der Waals surface area contributed by atoms with Crippen LogP contribution in [0.15, 0.2) is 52.7 Å². The van der Waals surface area contributed by atoms with Crippen LogP contribution in [0.25, 0.3) is 17.0 Å². The molecule has 0 saturated carbocycles. The Kier molecular flexibility index (Phi) is 7.13. The summed E-state index contributed by atoms with van der Waals surface area (Å²) < 4.78 is 41.8. The van der Waals surface area contributed by atoms with Crippen molar-refractivity contribution in [2.24, 2.45) is 16.6 Å². The Labute approximate surface area is 211 Å². The van der Waals surface area contributed by atoms with Gasteiger partial charge in [-0.2, -0.15) is 18.3 Å². The lowest BCUT2D eigenvalue weighted by Gasteiger charge is -2.14. The molecule has 0 spiro atoms. The van der Waals surface area contributed by atoms with Gasteiger partial charge in [0.15, 0.2) is 0 Å². The maximum absolute atomic E-state index is 13.4. The zero-order valence-electron chi connectivity index (χ0n) is 18.3. The maximum atomic E-state index is 13.4. The fourth-order valence-corrected chi connectivity index (χ4v) is 4.57. The fourth-order valence-electron chi connectivity index (χ4n) is 3.53. The number of aromatic nitrogens is 2. The molecule has 0 aliphatic carbocycles. The van der Waals surface area contributed by atoms with Gasteiger partial charge in [0.25, 0.3) is 11.1 Å². The summed E-state index contributed by atoms with van der Waals surface area (Å²) >= 11 is 6.54. The second-order valence-electron chi connectivity index (χ2n) is 7.60. The van der Waals surface area contributed by atoms with Crippen molar-refractivity contribution in [3.05, 3.63) is 69.2 Å². The van der Waals surface area contributed by atoms with Gasteiger partial charge in [-0.1, -0.05) is 23.7 Å². The Balaban J connectivity index is 1.53. The topological polar surface area (TPSA) is 129 Å². The smallest absolute Gasteiger partial charge is 0.391 e. The molecule has 3 aromatic rings. The van der Waals surface area contributed by atoms with E-state index in [9.17, 15) is 22.8 Å². The van der Waals surface area contributed by atoms with Crippen LogP contribution >= 0.6 is 23.4 Å². The Hall–Kier alpha value is -3.71. The third kappa shape index (κ3) is 5.57. The number of hydrogen-bond acceptors (Lipinski definition) is 6. The van der Waals surface area contributed by atoms with Crippen molar-refractivity contribution in [3.8, 4) is 0 Å². The van der Waals surface area contributed by atoms with E-state index < -0.39 is 22.9 Å². The molecule has 2 aromatic carbocycles. The zero-order chi connectivity index (χ0) is 26.0. The zero-order valence-corrected chi connectivity index (χ0v) is 19.9. The van der Waals surface area contributed by atoms with Gasteiger partial charge in [-0.25, -0.2) is 0 Å². The van der Waals surface area contributed by atoms with Crippen LogP contribution in [0.1, 0.15) is 16.7 Å². The van der Waals surface area contributed by atoms with E-state index in [4.69, 9.17) is 27.9 Å². The van der Waals surface area contributed by atoms with Gasteiger partial charge in [0.1, 0.15) is 6.61 Å². The molecule has 36 heavy (non-hydrogen) atoms. The van der Waals surface area contributed by atoms with Crippen LogP contribution in [0.2, 0.25) is 5.02 Å². The standard InChI is InChI=1S/C22H18ClF3N6O3S/c23-15-3-2-13(16(9-15)22(24,25)26)11-32-17-4-1-12(7-14(17)10-29-32)8-18-19(33)31(21(34)36-18)5-6-35-30-20(27)28/h1-4,7-10H,5-6,11H2,(H4,27,28,30)/b18-8+. The fraction of sp³-hybridized carbons (Fsp3) is 0.182. The first-order chi connectivity index (χ1) is 17.0. The summed E-state index contributed by atoms with van der Waals surface area (Å²) in [5, 5.41) is 7.73. The molecule has 14 heteroatoms. The number of benzene rings is 2. The quantitative estimate of drug-likeness (QED) is 0.153. The number of oxime groups is 1. The molecule has 188 valence electrons. The number of hydrogen-bond donors (Lipinski definition) is 2. The molecule has 1 aromatic heterocycles. The molecule has 0 unspecified atom stereocenters. The van der Waals surface area contributed by atoms with Gasteiger partial charge < -0.3 is 16.3 Å². The minimum absolute atomic E-state index is 0.00765. The van der Waals surface area contributed by atoms with Gasteiger partial charge in [0, 0.05) is 10.4 Å². The molecular weight excluding hydrogens is 521 g/mol. The minimum atomic E-state index is -4.56. The predicted octanol–water partition coefficient (Wildman–Crippen LogP) is 4.00. The molecule has 1 aliphatic rings. The van der Waals surface area contributed by atoms with Crippen LogP contribution in [0.4, 0.5) is 18.0 Å². The summed E-state index contributed by atoms with van der Waals surface area (Å²) in [5.74, 6) is -0.770. The summed E-state index contributed by atoms with van der Waals surface area (Å²) in [5.41, 5.74) is 10.7. The Morgan fingerprint density at radius 3 is 2.69 bits per heavy atom. The second-order valence-corrected chi connectivity index (χ2v) is 9.03. The number of rotatable bonds is 7. The molecule has 1 aliphatic heterocycles. The average Bonchev–Trinajstić information content (AvgIpc) is 3.31. The lowest BCUT2D eigenvalue weighted by molar-refractivity contribution is -0.138. The first kappa shape index (κ1) is 25.4. The number of nitrogens with zero attached hydrogens (tertiary/aromatic N) is 4. The highest BCUT2D eigenvalue weighted by Crippen LogP contribution is 2.35. The van der Waals surface area contributed by atoms with Crippen molar-refractivity contribution in [1.29, 1.82) is 0 Å². The van der Waals surface area contributed by atoms with Gasteiger partial charge in [-0.15, -0.1) is 0 Å². The number of carbonyl (C=O) groups excluding carboxylic acids is 2. The average molecular weight is 539 g/mol. The summed E-state index contributed by atoms with van der Waals surface area (Å²) in [6.45, 7) is -0.219. The summed E-state index contributed by atoms with van der Waals surface area (Å²) in [6, 6.07) is 8.71. The van der Waals surface area contributed by atoms with Crippen molar-refractivity contribution in [2.75, 3.05) is 13.2 Å². The minimum Gasteiger partial charge on any atom is -0.391 e. The van der Waals surface area contributed by atoms with Crippen LogP contribution in [0.5, 0.6) is 0 Å². The molecule has 2 heterocycles. The van der Waals surface area contributed by atoms with Crippen LogP contribution in [0.3, 0.4) is 0 Å². The maximum Gasteiger partial charge on any atom is 0.416 e. The third-order valence-corrected chi connectivity index (χ3v) is 6.25. The summed E-state index contributed by atoms with van der Waals surface area (Å²) in [4.78, 5) is 30.9. The van der Waals surface area contributed by atoms with Crippen molar-refractivity contribution < 1.29 is 27.6 Å². The lowest BCUT2D eigenvalue weighted by atomic mass is 10.1. The second kappa shape index (κ2) is 10.1. The van der Waals surface area contributed by atoms with Gasteiger partial charge in [-0.05, 0) is 58.4 Å². The van der Waals surface area contributed by atoms with Crippen molar-refractivity contribution in [1.82, 2.24) is 14.7 Å². The van der Waals surface area contributed by atoms with Gasteiger partial charge in [0.05, 0.1) is 35.3 Å². The molecule has 9 nitrogen and oxygen atoms in total. The predicted molar refractivity (Wildman–Crippen MR) is 130 cm³/mol. The van der Waals surface area contributed by atoms with E-state index >= 15 is 0 Å². The molecule has 2 amide bonds. The van der Waals surface area contributed by atoms with Crippen molar-refractivity contribution in [3.63, 3.8) is 0 Å². The number of amides is 2. The van der Waals surface area contributed by atoms with E-state index in [1.165, 1.54) is 23.0 Å². The van der Waals surface area contributed by atoms with Crippen LogP contribution in [0, 0.1) is 0 Å². The van der Waals surface area contributed by atoms with Crippen molar-refractivity contribution in [2.45, 2.75) is 12.7 Å². The van der Waals surface area contributed by atoms with Crippen LogP contribution in [-0.4, -0.2) is 44.9 Å². The van der Waals surface area contributed by atoms with E-state index in [0.717, 1.165) is 22.7 Å². The van der Waals surface area contributed by atoms with Crippen LogP contribution in [-0.2, 0) is 22.4 Å². The number of imide groups is 1. The van der Waals surface area contributed by atoms with Crippen LogP contribution < -0.4 is 11.5 Å². The summed E-state index contributed by atoms with van der Waals surface area (Å²) in [7, 11) is 0. The Bertz CT molecular complexity index is 1400. The van der Waals surface area contributed by atoms with E-state index in [1.807, 2.05) is 0 Å². The largest absolute Gasteiger partial charge is 0.416 e. The summed E-state index contributed by atoms with van der Waals surface area (Å²) in [6.07, 6.45) is -1.49. The number of nitrogens with two attached hydrogens (primary N) is 2. The molecule has 0 radical (unpaired) electrons. The van der Waals surface area contributed by atoms with E-state index in [1.54, 1.807) is 24.3 Å². The van der Waals surface area contributed by atoms with Gasteiger partial charge in [0.2, 0.25) is 5.96 Å². The van der Waals surface area contributed by atoms with Gasteiger partial charge >= 0.3 is 6.18 Å². The number of thioether (sulfide) groups is 1. The van der Waals surface area contributed by atoms with E-state index in [-0.39, 0.29) is 41.1 Å². The number of alkyl halides is 3. The highest BCUT2D eigenvalue weighted by atomic mass is 35.5. The number of fused-ring (bicyclic) bond motifs is 1. The molecule has 1 fully saturated rings. The third-order valence-electron chi connectivity index (χ3n) is 5.11. The van der Waals surface area contributed by atoms with E-state index in [0.29, 0.717) is 16.5 Å². The Morgan fingerprint density at radius 1 is 1.19 bits per heavy atom. The first-order valence-electron chi connectivity index (χ1n) is 10.3. The highest BCUT2D eigenvalue weighted by molar-refractivity contribution is 8.18. The van der Waals surface area contributed by atoms with Crippen molar-refractivity contribution >= 4 is 57.4 Å². The molecule has 1 saturated heterocycles. The molecule has 0 bridgehead atoms. The molecular formula is C22H18ClF3N6O3S. The molecule has 4 N–H and O–H groups in total. The first-order valence-corrected chi connectivity index (χ1v) is 11.5. The normalized spacial score (nSPS) is 15.2. The van der Waals surface area contributed by atoms with Gasteiger partial charge in [-0.3, -0.25) is 19.2 Å². The Morgan fingerprint density at radius 2 is 1.97 bits per heavy atom. The molecule has 0 atom stereocenters. The lowest BCUT2D eigenvalue weighted by Crippen LogP contribution is -2.31. The SMILES string of the molecule is NC(N)=NOCCN1C(=O)S/C(=C/c2ccc3c(cnn3Cc3ccc(Cl)cc3C(F)(F)F)c2)C1=O. The number of guanidine groups is 1. The molecule has 4 rings (SSSR count). The number of halogens is 4. The number of carbonyl (C=O) groups is 2. The monoisotopic (exact) mass is 538 g/mol. The highest BCUT2D eigenvalue weighted by Gasteiger charge is 2.35. The van der Waals surface area contributed by atoms with E-state index in [2.05, 4.69) is 10.3 Å².